The molecule has 4 heteroatoms. The third kappa shape index (κ3) is 3.48. The molecule has 0 atom stereocenters. The Morgan fingerprint density at radius 1 is 1.21 bits per heavy atom. The second-order valence-corrected chi connectivity index (χ2v) is 4.73. The van der Waals surface area contributed by atoms with Crippen molar-refractivity contribution >= 4 is 17.4 Å². The summed E-state index contributed by atoms with van der Waals surface area (Å²) >= 11 is 6.14. The van der Waals surface area contributed by atoms with E-state index < -0.39 is 0 Å². The molecule has 0 spiro atoms. The maximum absolute atomic E-state index is 7.31. The number of ether oxygens (including phenoxy) is 1. The summed E-state index contributed by atoms with van der Waals surface area (Å²) in [7, 11) is 0. The summed E-state index contributed by atoms with van der Waals surface area (Å²) in [5, 5.41) is 8.02. The molecule has 0 amide bonds. The van der Waals surface area contributed by atoms with Gasteiger partial charge in [-0.1, -0.05) is 23.7 Å². The number of amidine groups is 1. The van der Waals surface area contributed by atoms with E-state index in [1.54, 1.807) is 24.3 Å². The Bertz CT molecular complexity index is 594. The lowest BCUT2D eigenvalue weighted by atomic mass is 10.1. The van der Waals surface area contributed by atoms with Crippen LogP contribution in [0.25, 0.3) is 0 Å². The quantitative estimate of drug-likeness (QED) is 0.662. The highest BCUT2D eigenvalue weighted by molar-refractivity contribution is 6.31. The van der Waals surface area contributed by atoms with Gasteiger partial charge in [0.15, 0.2) is 0 Å². The molecule has 19 heavy (non-hydrogen) atoms. The normalized spacial score (nSPS) is 10.2. The van der Waals surface area contributed by atoms with Crippen molar-refractivity contribution in [3.8, 4) is 5.75 Å². The fraction of sp³-hybridized carbons (Fsp3) is 0.133. The first kappa shape index (κ1) is 13.4. The molecule has 2 aromatic carbocycles. The summed E-state index contributed by atoms with van der Waals surface area (Å²) in [5.41, 5.74) is 8.14. The van der Waals surface area contributed by atoms with E-state index in [-0.39, 0.29) is 5.84 Å². The van der Waals surface area contributed by atoms with Crippen molar-refractivity contribution in [2.45, 2.75) is 13.5 Å². The van der Waals surface area contributed by atoms with Crippen LogP contribution in [0.15, 0.2) is 42.5 Å². The maximum Gasteiger partial charge on any atom is 0.122 e. The van der Waals surface area contributed by atoms with Gasteiger partial charge < -0.3 is 10.5 Å². The minimum atomic E-state index is 0.0492. The van der Waals surface area contributed by atoms with Crippen LogP contribution in [0.3, 0.4) is 0 Å². The lowest BCUT2D eigenvalue weighted by Crippen LogP contribution is -2.10. The van der Waals surface area contributed by atoms with Gasteiger partial charge >= 0.3 is 0 Å². The molecule has 0 radical (unpaired) electrons. The van der Waals surface area contributed by atoms with Crippen LogP contribution in [-0.4, -0.2) is 5.84 Å². The molecule has 0 saturated heterocycles. The van der Waals surface area contributed by atoms with Crippen molar-refractivity contribution in [3.05, 3.63) is 64.2 Å². The Balaban J connectivity index is 2.04. The largest absolute Gasteiger partial charge is 0.489 e. The first-order chi connectivity index (χ1) is 9.06. The molecule has 0 aliphatic rings. The van der Waals surface area contributed by atoms with Gasteiger partial charge in [-0.05, 0) is 42.8 Å². The first-order valence-corrected chi connectivity index (χ1v) is 6.26. The number of nitrogens with two attached hydrogens (primary N) is 1. The van der Waals surface area contributed by atoms with Crippen molar-refractivity contribution < 1.29 is 4.74 Å². The Morgan fingerprint density at radius 3 is 2.47 bits per heavy atom. The third-order valence-corrected chi connectivity index (χ3v) is 3.12. The summed E-state index contributed by atoms with van der Waals surface area (Å²) in [6.45, 7) is 2.41. The highest BCUT2D eigenvalue weighted by atomic mass is 35.5. The van der Waals surface area contributed by atoms with E-state index in [1.807, 2.05) is 25.1 Å². The predicted octanol–water partition coefficient (Wildman–Crippen LogP) is 3.51. The van der Waals surface area contributed by atoms with Crippen LogP contribution in [0.2, 0.25) is 5.02 Å². The topological polar surface area (TPSA) is 59.1 Å². The predicted molar refractivity (Wildman–Crippen MR) is 78.0 cm³/mol. The van der Waals surface area contributed by atoms with Gasteiger partial charge in [-0.25, -0.2) is 0 Å². The van der Waals surface area contributed by atoms with Gasteiger partial charge in [-0.15, -0.1) is 0 Å². The fourth-order valence-corrected chi connectivity index (χ4v) is 1.95. The third-order valence-electron chi connectivity index (χ3n) is 2.77. The average molecular weight is 275 g/mol. The van der Waals surface area contributed by atoms with Crippen LogP contribution in [-0.2, 0) is 6.61 Å². The van der Waals surface area contributed by atoms with E-state index >= 15 is 0 Å². The smallest absolute Gasteiger partial charge is 0.122 e. The first-order valence-electron chi connectivity index (χ1n) is 5.88. The van der Waals surface area contributed by atoms with Gasteiger partial charge in [-0.3, -0.25) is 5.41 Å². The van der Waals surface area contributed by atoms with Crippen molar-refractivity contribution in [3.63, 3.8) is 0 Å². The molecule has 0 aliphatic carbocycles. The molecule has 98 valence electrons. The lowest BCUT2D eigenvalue weighted by Gasteiger charge is -2.09. The zero-order valence-corrected chi connectivity index (χ0v) is 11.4. The van der Waals surface area contributed by atoms with Crippen molar-refractivity contribution in [1.82, 2.24) is 0 Å². The second-order valence-electron chi connectivity index (χ2n) is 4.32. The van der Waals surface area contributed by atoms with E-state index in [2.05, 4.69) is 0 Å². The van der Waals surface area contributed by atoms with Crippen molar-refractivity contribution in [2.24, 2.45) is 5.73 Å². The average Bonchev–Trinajstić information content (AvgIpc) is 2.38. The van der Waals surface area contributed by atoms with E-state index in [1.165, 1.54) is 0 Å². The molecule has 0 aliphatic heterocycles. The summed E-state index contributed by atoms with van der Waals surface area (Å²) in [4.78, 5) is 0. The van der Waals surface area contributed by atoms with Gasteiger partial charge in [0.05, 0.1) is 0 Å². The van der Waals surface area contributed by atoms with Gasteiger partial charge in [0.1, 0.15) is 18.2 Å². The zero-order valence-electron chi connectivity index (χ0n) is 10.6. The number of nitrogen functional groups attached to an aromatic ring is 1. The molecular formula is C15H15ClN2O. The van der Waals surface area contributed by atoms with Crippen LogP contribution >= 0.6 is 11.6 Å². The molecule has 2 aromatic rings. The van der Waals surface area contributed by atoms with Crippen molar-refractivity contribution in [2.75, 3.05) is 0 Å². The highest BCUT2D eigenvalue weighted by Crippen LogP contribution is 2.20. The molecule has 0 saturated carbocycles. The van der Waals surface area contributed by atoms with Crippen LogP contribution < -0.4 is 10.5 Å². The Hall–Kier alpha value is -2.00. The van der Waals surface area contributed by atoms with Gasteiger partial charge in [0.25, 0.3) is 0 Å². The molecule has 0 unspecified atom stereocenters. The minimum Gasteiger partial charge on any atom is -0.489 e. The summed E-state index contributed by atoms with van der Waals surface area (Å²) in [6.07, 6.45) is 0. The summed E-state index contributed by atoms with van der Waals surface area (Å²) in [6, 6.07) is 13.0. The second kappa shape index (κ2) is 5.76. The fourth-order valence-electron chi connectivity index (χ4n) is 1.66. The van der Waals surface area contributed by atoms with Crippen LogP contribution in [0.5, 0.6) is 5.75 Å². The van der Waals surface area contributed by atoms with Gasteiger partial charge in [-0.2, -0.15) is 0 Å². The SMILES string of the molecule is Cc1ccc(COc2ccc(C(=N)N)cc2)c(Cl)c1. The Labute approximate surface area is 117 Å². The molecule has 0 fully saturated rings. The lowest BCUT2D eigenvalue weighted by molar-refractivity contribution is 0.306. The number of rotatable bonds is 4. The number of halogens is 1. The number of benzene rings is 2. The monoisotopic (exact) mass is 274 g/mol. The van der Waals surface area contributed by atoms with E-state index in [9.17, 15) is 0 Å². The molecule has 0 bridgehead atoms. The molecule has 3 N–H and O–H groups in total. The van der Waals surface area contributed by atoms with Crippen LogP contribution in [0, 0.1) is 12.3 Å². The van der Waals surface area contributed by atoms with Crippen molar-refractivity contribution in [1.29, 1.82) is 5.41 Å². The van der Waals surface area contributed by atoms with E-state index in [4.69, 9.17) is 27.5 Å². The number of nitrogens with one attached hydrogen (secondary N) is 1. The zero-order chi connectivity index (χ0) is 13.8. The number of hydrogen-bond acceptors (Lipinski definition) is 2. The highest BCUT2D eigenvalue weighted by Gasteiger charge is 2.02. The maximum atomic E-state index is 7.31. The van der Waals surface area contributed by atoms with Gasteiger partial charge in [0, 0.05) is 16.1 Å². The molecule has 2 rings (SSSR count). The van der Waals surface area contributed by atoms with E-state index in [0.717, 1.165) is 16.9 Å². The summed E-state index contributed by atoms with van der Waals surface area (Å²) < 4.78 is 5.65. The minimum absolute atomic E-state index is 0.0492. The van der Waals surface area contributed by atoms with Crippen LogP contribution in [0.1, 0.15) is 16.7 Å². The standard InChI is InChI=1S/C15H15ClN2O/c1-10-2-3-12(14(16)8-10)9-19-13-6-4-11(5-7-13)15(17)18/h2-8H,9H2,1H3,(H3,17,18). The molecule has 0 heterocycles. The molecule has 3 nitrogen and oxygen atoms in total. The van der Waals surface area contributed by atoms with E-state index in [0.29, 0.717) is 17.2 Å². The Morgan fingerprint density at radius 2 is 1.89 bits per heavy atom. The Kier molecular flexibility index (Phi) is 4.07. The number of aryl methyl sites for hydroxylation is 1. The number of hydrogen-bond donors (Lipinski definition) is 2. The van der Waals surface area contributed by atoms with Gasteiger partial charge in [0.2, 0.25) is 0 Å². The summed E-state index contributed by atoms with van der Waals surface area (Å²) in [5.74, 6) is 0.773. The van der Waals surface area contributed by atoms with Crippen LogP contribution in [0.4, 0.5) is 0 Å². The molecule has 0 aromatic heterocycles. The molecular weight excluding hydrogens is 260 g/mol.